The summed E-state index contributed by atoms with van der Waals surface area (Å²) in [6, 6.07) is 6.68. The van der Waals surface area contributed by atoms with E-state index >= 15 is 0 Å². The number of nitrogens with zero attached hydrogens (tertiary/aromatic N) is 3. The molecule has 8 nitrogen and oxygen atoms in total. The molecule has 3 heterocycles. The molecule has 1 amide bonds. The monoisotopic (exact) mass is 393 g/mol. The first-order valence-corrected chi connectivity index (χ1v) is 10.6. The Morgan fingerprint density at radius 3 is 2.81 bits per heavy atom. The van der Waals surface area contributed by atoms with Crippen molar-refractivity contribution in [2.75, 3.05) is 39.9 Å². The third-order valence-corrected chi connectivity index (χ3v) is 6.51. The van der Waals surface area contributed by atoms with E-state index in [1.165, 1.54) is 6.07 Å². The summed E-state index contributed by atoms with van der Waals surface area (Å²) in [6.07, 6.45) is 1.65. The summed E-state index contributed by atoms with van der Waals surface area (Å²) in [5.74, 6) is 0.445. The van der Waals surface area contributed by atoms with Crippen LogP contribution in [0.3, 0.4) is 0 Å². The standard InChI is InChI=1S/C18H23N3O5S/c1-20(17-14-6-2-3-7-15(14)27(23,24)19-17)12-16(22)21-8-4-5-13(11-21)18-25-9-10-26-18/h2-3,6-7,13,18H,4-5,8-12H2,1H3. The lowest BCUT2D eigenvalue weighted by Gasteiger charge is -2.35. The highest BCUT2D eigenvalue weighted by atomic mass is 32.2. The van der Waals surface area contributed by atoms with E-state index in [-0.39, 0.29) is 29.6 Å². The van der Waals surface area contributed by atoms with Crippen LogP contribution in [0, 0.1) is 5.92 Å². The Morgan fingerprint density at radius 1 is 1.30 bits per heavy atom. The number of amides is 1. The van der Waals surface area contributed by atoms with Crippen molar-refractivity contribution in [3.05, 3.63) is 29.8 Å². The van der Waals surface area contributed by atoms with Crippen LogP contribution in [0.15, 0.2) is 33.6 Å². The molecular weight excluding hydrogens is 370 g/mol. The molecular formula is C18H23N3O5S. The summed E-state index contributed by atoms with van der Waals surface area (Å²) < 4.78 is 39.5. The molecule has 1 aromatic rings. The van der Waals surface area contributed by atoms with Crippen LogP contribution in [-0.4, -0.2) is 76.1 Å². The van der Waals surface area contributed by atoms with Gasteiger partial charge in [-0.25, -0.2) is 0 Å². The minimum atomic E-state index is -3.69. The highest BCUT2D eigenvalue weighted by molar-refractivity contribution is 7.90. The number of likely N-dealkylation sites (N-methyl/N-ethyl adjacent to an activating group) is 1. The van der Waals surface area contributed by atoms with Crippen molar-refractivity contribution in [2.45, 2.75) is 24.0 Å². The van der Waals surface area contributed by atoms with Gasteiger partial charge >= 0.3 is 0 Å². The van der Waals surface area contributed by atoms with Crippen molar-refractivity contribution < 1.29 is 22.7 Å². The second-order valence-corrected chi connectivity index (χ2v) is 8.67. The maximum Gasteiger partial charge on any atom is 0.285 e. The van der Waals surface area contributed by atoms with Gasteiger partial charge in [0, 0.05) is 31.6 Å². The van der Waals surface area contributed by atoms with Gasteiger partial charge in [0.2, 0.25) is 5.91 Å². The van der Waals surface area contributed by atoms with Gasteiger partial charge in [0.15, 0.2) is 12.1 Å². The van der Waals surface area contributed by atoms with Gasteiger partial charge in [-0.15, -0.1) is 4.40 Å². The van der Waals surface area contributed by atoms with Crippen LogP contribution in [-0.2, 0) is 24.3 Å². The first kappa shape index (κ1) is 18.4. The molecule has 3 aliphatic rings. The number of carbonyl (C=O) groups excluding carboxylic acids is 1. The second kappa shape index (κ2) is 7.21. The minimum absolute atomic E-state index is 0.0512. The number of rotatable bonds is 3. The zero-order chi connectivity index (χ0) is 19.0. The van der Waals surface area contributed by atoms with E-state index in [1.54, 1.807) is 30.1 Å². The first-order chi connectivity index (χ1) is 13.0. The summed E-state index contributed by atoms with van der Waals surface area (Å²) >= 11 is 0. The summed E-state index contributed by atoms with van der Waals surface area (Å²) in [5.41, 5.74) is 0.539. The maximum absolute atomic E-state index is 12.8. The molecule has 4 rings (SSSR count). The van der Waals surface area contributed by atoms with E-state index in [0.717, 1.165) is 12.8 Å². The molecule has 146 valence electrons. The van der Waals surface area contributed by atoms with Gasteiger partial charge < -0.3 is 19.3 Å². The topological polar surface area (TPSA) is 88.5 Å². The first-order valence-electron chi connectivity index (χ1n) is 9.12. The van der Waals surface area contributed by atoms with Gasteiger partial charge in [-0.2, -0.15) is 8.42 Å². The van der Waals surface area contributed by atoms with E-state index in [2.05, 4.69) is 4.40 Å². The lowest BCUT2D eigenvalue weighted by Crippen LogP contribution is -2.47. The average molecular weight is 393 g/mol. The highest BCUT2D eigenvalue weighted by Crippen LogP contribution is 2.28. The number of carbonyl (C=O) groups is 1. The SMILES string of the molecule is CN(CC(=O)N1CCCC(C2OCCO2)C1)C1=NS(=O)(=O)c2ccccc21. The molecule has 1 aromatic carbocycles. The Hall–Kier alpha value is -1.97. The molecule has 0 radical (unpaired) electrons. The van der Waals surface area contributed by atoms with Crippen molar-refractivity contribution in [2.24, 2.45) is 10.3 Å². The fourth-order valence-electron chi connectivity index (χ4n) is 3.85. The molecule has 27 heavy (non-hydrogen) atoms. The Morgan fingerprint density at radius 2 is 2.04 bits per heavy atom. The largest absolute Gasteiger partial charge is 0.350 e. The van der Waals surface area contributed by atoms with E-state index in [9.17, 15) is 13.2 Å². The van der Waals surface area contributed by atoms with Crippen LogP contribution in [0.4, 0.5) is 0 Å². The lowest BCUT2D eigenvalue weighted by molar-refractivity contribution is -0.139. The third-order valence-electron chi connectivity index (χ3n) is 5.19. The molecule has 0 saturated carbocycles. The molecule has 0 spiro atoms. The Kier molecular flexibility index (Phi) is 4.92. The van der Waals surface area contributed by atoms with Crippen molar-refractivity contribution >= 4 is 21.8 Å². The molecule has 0 aromatic heterocycles. The number of piperidine rings is 1. The van der Waals surface area contributed by atoms with E-state index in [1.807, 2.05) is 4.90 Å². The van der Waals surface area contributed by atoms with Crippen molar-refractivity contribution in [1.82, 2.24) is 9.80 Å². The Labute approximate surface area is 158 Å². The number of hydrogen-bond donors (Lipinski definition) is 0. The predicted octanol–water partition coefficient (Wildman–Crippen LogP) is 0.679. The summed E-state index contributed by atoms with van der Waals surface area (Å²) in [5, 5.41) is 0. The molecule has 0 N–H and O–H groups in total. The smallest absolute Gasteiger partial charge is 0.285 e. The Bertz CT molecular complexity index is 864. The van der Waals surface area contributed by atoms with Gasteiger partial charge in [0.25, 0.3) is 10.0 Å². The number of ether oxygens (including phenoxy) is 2. The van der Waals surface area contributed by atoms with E-state index in [0.29, 0.717) is 37.7 Å². The molecule has 1 unspecified atom stereocenters. The zero-order valence-corrected chi connectivity index (χ0v) is 16.0. The third kappa shape index (κ3) is 3.59. The van der Waals surface area contributed by atoms with Gasteiger partial charge in [0.05, 0.1) is 19.8 Å². The predicted molar refractivity (Wildman–Crippen MR) is 97.8 cm³/mol. The molecule has 0 aliphatic carbocycles. The van der Waals surface area contributed by atoms with Crippen LogP contribution in [0.2, 0.25) is 0 Å². The molecule has 3 aliphatic heterocycles. The molecule has 2 saturated heterocycles. The maximum atomic E-state index is 12.8. The lowest BCUT2D eigenvalue weighted by atomic mass is 9.97. The molecule has 0 bridgehead atoms. The second-order valence-electron chi connectivity index (χ2n) is 7.09. The van der Waals surface area contributed by atoms with Crippen LogP contribution >= 0.6 is 0 Å². The molecule has 1 atom stereocenters. The van der Waals surface area contributed by atoms with E-state index in [4.69, 9.17) is 9.47 Å². The number of fused-ring (bicyclic) bond motifs is 1. The van der Waals surface area contributed by atoms with Crippen LogP contribution < -0.4 is 0 Å². The molecule has 9 heteroatoms. The summed E-state index contributed by atoms with van der Waals surface area (Å²) in [4.78, 5) is 16.4. The van der Waals surface area contributed by atoms with Gasteiger partial charge in [-0.1, -0.05) is 12.1 Å². The van der Waals surface area contributed by atoms with Crippen LogP contribution in [0.25, 0.3) is 0 Å². The average Bonchev–Trinajstić information content (AvgIpc) is 3.29. The zero-order valence-electron chi connectivity index (χ0n) is 15.2. The fraction of sp³-hybridized carbons (Fsp3) is 0.556. The van der Waals surface area contributed by atoms with Gasteiger partial charge in [0.1, 0.15) is 4.90 Å². The Balaban J connectivity index is 1.44. The number of hydrogen-bond acceptors (Lipinski definition) is 6. The number of likely N-dealkylation sites (tertiary alicyclic amines) is 1. The number of sulfonamides is 1. The van der Waals surface area contributed by atoms with Gasteiger partial charge in [-0.05, 0) is 25.0 Å². The van der Waals surface area contributed by atoms with Crippen LogP contribution in [0.5, 0.6) is 0 Å². The summed E-state index contributed by atoms with van der Waals surface area (Å²) in [6.45, 7) is 2.56. The summed E-state index contributed by atoms with van der Waals surface area (Å²) in [7, 11) is -2.00. The normalized spacial score (nSPS) is 24.6. The highest BCUT2D eigenvalue weighted by Gasteiger charge is 2.34. The van der Waals surface area contributed by atoms with Gasteiger partial charge in [-0.3, -0.25) is 4.79 Å². The van der Waals surface area contributed by atoms with Crippen molar-refractivity contribution in [3.63, 3.8) is 0 Å². The van der Waals surface area contributed by atoms with E-state index < -0.39 is 10.0 Å². The fourth-order valence-corrected chi connectivity index (χ4v) is 5.10. The minimum Gasteiger partial charge on any atom is -0.350 e. The number of benzene rings is 1. The van der Waals surface area contributed by atoms with Crippen molar-refractivity contribution in [3.8, 4) is 0 Å². The van der Waals surface area contributed by atoms with Crippen molar-refractivity contribution in [1.29, 1.82) is 0 Å². The number of amidine groups is 1. The van der Waals surface area contributed by atoms with Crippen LogP contribution in [0.1, 0.15) is 18.4 Å². The quantitative estimate of drug-likeness (QED) is 0.750. The molecule has 2 fully saturated rings.